The van der Waals surface area contributed by atoms with Crippen LogP contribution in [-0.4, -0.2) is 15.0 Å². The normalized spacial score (nSPS) is 10.4. The van der Waals surface area contributed by atoms with E-state index in [9.17, 15) is 0 Å². The van der Waals surface area contributed by atoms with Crippen molar-refractivity contribution in [1.29, 1.82) is 0 Å². The maximum absolute atomic E-state index is 6.01. The molecule has 2 heterocycles. The highest BCUT2D eigenvalue weighted by atomic mass is 35.5. The predicted octanol–water partition coefficient (Wildman–Crippen LogP) is 3.29. The van der Waals surface area contributed by atoms with Gasteiger partial charge in [0.1, 0.15) is 16.0 Å². The highest BCUT2D eigenvalue weighted by Gasteiger charge is 2.08. The van der Waals surface area contributed by atoms with Gasteiger partial charge in [0, 0.05) is 22.9 Å². The average molecular weight is 252 g/mol. The van der Waals surface area contributed by atoms with E-state index < -0.39 is 0 Å². The summed E-state index contributed by atoms with van der Waals surface area (Å²) in [5, 5.41) is 1.41. The number of halogens is 1. The van der Waals surface area contributed by atoms with Crippen molar-refractivity contribution < 1.29 is 0 Å². The monoisotopic (exact) mass is 251 g/mol. The predicted molar refractivity (Wildman–Crippen MR) is 64.9 cm³/mol. The lowest BCUT2D eigenvalue weighted by Crippen LogP contribution is -1.94. The molecule has 0 atom stereocenters. The van der Waals surface area contributed by atoms with Crippen molar-refractivity contribution >= 4 is 23.4 Å². The van der Waals surface area contributed by atoms with Crippen LogP contribution in [0.1, 0.15) is 11.4 Å². The minimum absolute atomic E-state index is 0.518. The number of hydrogen-bond acceptors (Lipinski definition) is 4. The minimum Gasteiger partial charge on any atom is -0.265 e. The van der Waals surface area contributed by atoms with Crippen LogP contribution >= 0.6 is 23.4 Å². The Bertz CT molecular complexity index is 502. The lowest BCUT2D eigenvalue weighted by molar-refractivity contribution is 0.938. The highest BCUT2D eigenvalue weighted by Crippen LogP contribution is 2.30. The molecule has 0 radical (unpaired) electrons. The molecule has 2 rings (SSSR count). The van der Waals surface area contributed by atoms with Gasteiger partial charge >= 0.3 is 0 Å². The molecule has 0 fully saturated rings. The molecule has 2 aromatic rings. The molecule has 0 spiro atoms. The molecule has 16 heavy (non-hydrogen) atoms. The Morgan fingerprint density at radius 1 is 1.12 bits per heavy atom. The molecule has 0 unspecified atom stereocenters. The van der Waals surface area contributed by atoms with Crippen LogP contribution in [-0.2, 0) is 0 Å². The van der Waals surface area contributed by atoms with Gasteiger partial charge in [-0.15, -0.1) is 0 Å². The zero-order valence-electron chi connectivity index (χ0n) is 8.94. The largest absolute Gasteiger partial charge is 0.265 e. The first kappa shape index (κ1) is 11.4. The van der Waals surface area contributed by atoms with Crippen LogP contribution in [0.3, 0.4) is 0 Å². The van der Waals surface area contributed by atoms with Crippen LogP contribution in [0.4, 0.5) is 0 Å². The van der Waals surface area contributed by atoms with Gasteiger partial charge in [0.2, 0.25) is 0 Å². The molecular weight excluding hydrogens is 242 g/mol. The molecule has 0 aliphatic carbocycles. The van der Waals surface area contributed by atoms with Crippen molar-refractivity contribution in [3.63, 3.8) is 0 Å². The molecule has 3 nitrogen and oxygen atoms in total. The Morgan fingerprint density at radius 3 is 2.50 bits per heavy atom. The Morgan fingerprint density at radius 2 is 1.81 bits per heavy atom. The third kappa shape index (κ3) is 2.51. The molecule has 0 saturated carbocycles. The molecule has 82 valence electrons. The van der Waals surface area contributed by atoms with Gasteiger partial charge in [-0.3, -0.25) is 4.98 Å². The zero-order chi connectivity index (χ0) is 11.5. The first-order chi connectivity index (χ1) is 7.66. The van der Waals surface area contributed by atoms with Crippen molar-refractivity contribution in [2.75, 3.05) is 0 Å². The maximum atomic E-state index is 6.01. The van der Waals surface area contributed by atoms with Gasteiger partial charge in [0.25, 0.3) is 0 Å². The summed E-state index contributed by atoms with van der Waals surface area (Å²) >= 11 is 7.58. The lowest BCUT2D eigenvalue weighted by Gasteiger charge is -2.06. The highest BCUT2D eigenvalue weighted by molar-refractivity contribution is 7.99. The summed E-state index contributed by atoms with van der Waals surface area (Å²) < 4.78 is 0. The fourth-order valence-corrected chi connectivity index (χ4v) is 2.36. The van der Waals surface area contributed by atoms with E-state index in [-0.39, 0.29) is 0 Å². The number of rotatable bonds is 2. The van der Waals surface area contributed by atoms with E-state index in [1.165, 1.54) is 0 Å². The number of pyridine rings is 1. The summed E-state index contributed by atoms with van der Waals surface area (Å²) in [5.74, 6) is 0.687. The number of aryl methyl sites for hydroxylation is 1. The van der Waals surface area contributed by atoms with E-state index in [2.05, 4.69) is 15.0 Å². The SMILES string of the molecule is Cc1nc(Cl)c(C)c(Sc2ccncc2)n1. The van der Waals surface area contributed by atoms with Gasteiger partial charge in [0.05, 0.1) is 0 Å². The summed E-state index contributed by atoms with van der Waals surface area (Å²) in [5.41, 5.74) is 0.911. The van der Waals surface area contributed by atoms with Gasteiger partial charge in [0.15, 0.2) is 0 Å². The molecule has 0 N–H and O–H groups in total. The molecule has 0 aliphatic rings. The first-order valence-corrected chi connectivity index (χ1v) is 5.95. The summed E-state index contributed by atoms with van der Waals surface area (Å²) in [6, 6.07) is 3.88. The van der Waals surface area contributed by atoms with Crippen LogP contribution in [0.25, 0.3) is 0 Å². The van der Waals surface area contributed by atoms with E-state index in [4.69, 9.17) is 11.6 Å². The van der Waals surface area contributed by atoms with E-state index >= 15 is 0 Å². The van der Waals surface area contributed by atoms with Crippen molar-refractivity contribution in [2.24, 2.45) is 0 Å². The van der Waals surface area contributed by atoms with Crippen LogP contribution in [0.5, 0.6) is 0 Å². The van der Waals surface area contributed by atoms with E-state index in [1.807, 2.05) is 26.0 Å². The van der Waals surface area contributed by atoms with Crippen molar-refractivity contribution in [3.05, 3.63) is 41.1 Å². The molecule has 0 bridgehead atoms. The summed E-state index contributed by atoms with van der Waals surface area (Å²) in [6.07, 6.45) is 3.51. The van der Waals surface area contributed by atoms with Crippen molar-refractivity contribution in [1.82, 2.24) is 15.0 Å². The quantitative estimate of drug-likeness (QED) is 0.768. The Balaban J connectivity index is 2.35. The van der Waals surface area contributed by atoms with E-state index in [0.717, 1.165) is 15.5 Å². The van der Waals surface area contributed by atoms with Crippen LogP contribution < -0.4 is 0 Å². The molecule has 5 heteroatoms. The summed E-state index contributed by atoms with van der Waals surface area (Å²) in [6.45, 7) is 3.76. The molecule has 0 saturated heterocycles. The molecule has 0 amide bonds. The standard InChI is InChI=1S/C11H10ClN3S/c1-7-10(12)14-8(2)15-11(7)16-9-3-5-13-6-4-9/h3-6H,1-2H3. The first-order valence-electron chi connectivity index (χ1n) is 4.75. The maximum Gasteiger partial charge on any atom is 0.136 e. The number of nitrogens with zero attached hydrogens (tertiary/aromatic N) is 3. The van der Waals surface area contributed by atoms with Crippen LogP contribution in [0.15, 0.2) is 34.4 Å². The fourth-order valence-electron chi connectivity index (χ4n) is 1.19. The van der Waals surface area contributed by atoms with Gasteiger partial charge in [-0.05, 0) is 26.0 Å². The van der Waals surface area contributed by atoms with Crippen LogP contribution in [0.2, 0.25) is 5.15 Å². The summed E-state index contributed by atoms with van der Waals surface area (Å²) in [7, 11) is 0. The Hall–Kier alpha value is -1.13. The third-order valence-corrected chi connectivity index (χ3v) is 3.48. The molecular formula is C11H10ClN3S. The minimum atomic E-state index is 0.518. The second kappa shape index (κ2) is 4.80. The van der Waals surface area contributed by atoms with E-state index in [0.29, 0.717) is 11.0 Å². The van der Waals surface area contributed by atoms with Crippen molar-refractivity contribution in [3.8, 4) is 0 Å². The second-order valence-electron chi connectivity index (χ2n) is 3.28. The topological polar surface area (TPSA) is 38.7 Å². The van der Waals surface area contributed by atoms with Gasteiger partial charge in [-0.1, -0.05) is 23.4 Å². The Labute approximate surface area is 103 Å². The third-order valence-electron chi connectivity index (χ3n) is 2.02. The molecule has 0 aromatic carbocycles. The van der Waals surface area contributed by atoms with Gasteiger partial charge in [-0.2, -0.15) is 0 Å². The average Bonchev–Trinajstić information content (AvgIpc) is 2.27. The number of aromatic nitrogens is 3. The molecule has 2 aromatic heterocycles. The molecule has 0 aliphatic heterocycles. The van der Waals surface area contributed by atoms with Gasteiger partial charge in [-0.25, -0.2) is 9.97 Å². The van der Waals surface area contributed by atoms with Crippen LogP contribution in [0, 0.1) is 13.8 Å². The zero-order valence-corrected chi connectivity index (χ0v) is 10.5. The smallest absolute Gasteiger partial charge is 0.136 e. The lowest BCUT2D eigenvalue weighted by atomic mass is 10.4. The number of hydrogen-bond donors (Lipinski definition) is 0. The Kier molecular flexibility index (Phi) is 3.41. The fraction of sp³-hybridized carbons (Fsp3) is 0.182. The van der Waals surface area contributed by atoms with E-state index in [1.54, 1.807) is 24.2 Å². The second-order valence-corrected chi connectivity index (χ2v) is 4.70. The summed E-state index contributed by atoms with van der Waals surface area (Å²) in [4.78, 5) is 13.5. The van der Waals surface area contributed by atoms with Crippen molar-refractivity contribution in [2.45, 2.75) is 23.8 Å². The van der Waals surface area contributed by atoms with Gasteiger partial charge < -0.3 is 0 Å².